The molecule has 0 radical (unpaired) electrons. The topological polar surface area (TPSA) is 95.7 Å². The molecule has 4 aromatic rings. The summed E-state index contributed by atoms with van der Waals surface area (Å²) in [6, 6.07) is 18.2. The number of hydrogen-bond donors (Lipinski definition) is 0. The normalized spacial score (nSPS) is 11.3. The summed E-state index contributed by atoms with van der Waals surface area (Å²) in [6.07, 6.45) is 1.61. The van der Waals surface area contributed by atoms with E-state index in [9.17, 15) is 13.2 Å². The van der Waals surface area contributed by atoms with Crippen molar-refractivity contribution in [2.24, 2.45) is 0 Å². The summed E-state index contributed by atoms with van der Waals surface area (Å²) < 4.78 is 40.8. The second kappa shape index (κ2) is 7.16. The molecule has 0 saturated carbocycles. The quantitative estimate of drug-likeness (QED) is 0.375. The van der Waals surface area contributed by atoms with E-state index in [1.54, 1.807) is 36.5 Å². The molecule has 7 nitrogen and oxygen atoms in total. The fraction of sp³-hybridized carbons (Fsp3) is 0. The van der Waals surface area contributed by atoms with Gasteiger partial charge in [0.1, 0.15) is 22.0 Å². The largest absolute Gasteiger partial charge is 0.439 e. The standard InChI is InChI=1S/C20H13NO6S/c22-20-11-4-14-13-17(9-10-18(14)26-20)28(23,24)27-16-7-5-15(6-8-16)25-19-3-1-2-12-21-19/h1-13H. The molecule has 0 aliphatic carbocycles. The summed E-state index contributed by atoms with van der Waals surface area (Å²) in [5, 5.41) is 0.475. The highest BCUT2D eigenvalue weighted by molar-refractivity contribution is 7.87. The van der Waals surface area contributed by atoms with E-state index in [4.69, 9.17) is 13.3 Å². The van der Waals surface area contributed by atoms with Crippen molar-refractivity contribution >= 4 is 21.1 Å². The Morgan fingerprint density at radius 1 is 0.857 bits per heavy atom. The van der Waals surface area contributed by atoms with Crippen molar-refractivity contribution < 1.29 is 21.8 Å². The molecule has 8 heteroatoms. The van der Waals surface area contributed by atoms with Gasteiger partial charge in [-0.05, 0) is 54.6 Å². The third-order valence-corrected chi connectivity index (χ3v) is 5.01. The van der Waals surface area contributed by atoms with Crippen LogP contribution in [0.15, 0.2) is 93.1 Å². The molecule has 28 heavy (non-hydrogen) atoms. The van der Waals surface area contributed by atoms with Crippen molar-refractivity contribution in [3.63, 3.8) is 0 Å². The molecule has 0 unspecified atom stereocenters. The van der Waals surface area contributed by atoms with Crippen LogP contribution < -0.4 is 14.5 Å². The van der Waals surface area contributed by atoms with E-state index in [1.165, 1.54) is 42.5 Å². The fourth-order valence-corrected chi connectivity index (χ4v) is 3.44. The number of aromatic nitrogens is 1. The van der Waals surface area contributed by atoms with Crippen molar-refractivity contribution in [1.29, 1.82) is 0 Å². The van der Waals surface area contributed by atoms with Gasteiger partial charge in [0.15, 0.2) is 0 Å². The molecule has 4 rings (SSSR count). The highest BCUT2D eigenvalue weighted by Crippen LogP contribution is 2.25. The Labute approximate surface area is 159 Å². The Kier molecular flexibility index (Phi) is 4.54. The van der Waals surface area contributed by atoms with Gasteiger partial charge >= 0.3 is 15.7 Å². The van der Waals surface area contributed by atoms with Crippen LogP contribution in [-0.4, -0.2) is 13.4 Å². The molecule has 0 atom stereocenters. The van der Waals surface area contributed by atoms with E-state index in [2.05, 4.69) is 4.98 Å². The zero-order chi connectivity index (χ0) is 19.6. The Bertz CT molecular complexity index is 1280. The number of rotatable bonds is 5. The summed E-state index contributed by atoms with van der Waals surface area (Å²) in [5.74, 6) is 1.05. The lowest BCUT2D eigenvalue weighted by molar-refractivity contribution is 0.459. The highest BCUT2D eigenvalue weighted by atomic mass is 32.2. The molecule has 0 amide bonds. The molecule has 140 valence electrons. The van der Waals surface area contributed by atoms with E-state index in [1.807, 2.05) is 0 Å². The summed E-state index contributed by atoms with van der Waals surface area (Å²) in [5.41, 5.74) is -0.213. The third kappa shape index (κ3) is 3.86. The smallest absolute Gasteiger partial charge is 0.339 e. The minimum absolute atomic E-state index is 0.0531. The molecular weight excluding hydrogens is 382 g/mol. The summed E-state index contributed by atoms with van der Waals surface area (Å²) in [4.78, 5) is 15.2. The van der Waals surface area contributed by atoms with Gasteiger partial charge in [-0.3, -0.25) is 0 Å². The SMILES string of the molecule is O=c1ccc2cc(S(=O)(=O)Oc3ccc(Oc4ccccn4)cc3)ccc2o1. The van der Waals surface area contributed by atoms with Crippen LogP contribution >= 0.6 is 0 Å². The molecule has 0 aliphatic rings. The zero-order valence-corrected chi connectivity index (χ0v) is 15.1. The number of ether oxygens (including phenoxy) is 1. The van der Waals surface area contributed by atoms with Crippen LogP contribution in [0.3, 0.4) is 0 Å². The first-order chi connectivity index (χ1) is 13.5. The Morgan fingerprint density at radius 3 is 2.39 bits per heavy atom. The first-order valence-corrected chi connectivity index (χ1v) is 9.58. The van der Waals surface area contributed by atoms with Gasteiger partial charge in [0.25, 0.3) is 0 Å². The number of nitrogens with zero attached hydrogens (tertiary/aromatic N) is 1. The lowest BCUT2D eigenvalue weighted by atomic mass is 10.2. The van der Waals surface area contributed by atoms with E-state index >= 15 is 0 Å². The van der Waals surface area contributed by atoms with Crippen molar-refractivity contribution in [3.05, 3.63) is 89.4 Å². The van der Waals surface area contributed by atoms with E-state index in [0.717, 1.165) is 0 Å². The Hall–Kier alpha value is -3.65. The zero-order valence-electron chi connectivity index (χ0n) is 14.3. The van der Waals surface area contributed by atoms with E-state index in [0.29, 0.717) is 22.6 Å². The minimum atomic E-state index is -4.06. The Morgan fingerprint density at radius 2 is 1.64 bits per heavy atom. The monoisotopic (exact) mass is 395 g/mol. The van der Waals surface area contributed by atoms with Crippen LogP contribution in [0.2, 0.25) is 0 Å². The number of pyridine rings is 1. The average Bonchev–Trinajstić information content (AvgIpc) is 2.69. The van der Waals surface area contributed by atoms with Crippen LogP contribution in [0, 0.1) is 0 Å². The predicted octanol–water partition coefficient (Wildman–Crippen LogP) is 3.75. The maximum absolute atomic E-state index is 12.5. The van der Waals surface area contributed by atoms with Gasteiger partial charge in [0.05, 0.1) is 0 Å². The Balaban J connectivity index is 1.54. The molecule has 0 N–H and O–H groups in total. The summed E-state index contributed by atoms with van der Waals surface area (Å²) >= 11 is 0. The van der Waals surface area contributed by atoms with Crippen LogP contribution in [-0.2, 0) is 10.1 Å². The molecule has 2 aromatic carbocycles. The maximum Gasteiger partial charge on any atom is 0.339 e. The second-order valence-electron chi connectivity index (χ2n) is 5.73. The van der Waals surface area contributed by atoms with Gasteiger partial charge in [0, 0.05) is 23.7 Å². The van der Waals surface area contributed by atoms with E-state index in [-0.39, 0.29) is 10.6 Å². The molecule has 0 bridgehead atoms. The van der Waals surface area contributed by atoms with Crippen LogP contribution in [0.5, 0.6) is 17.4 Å². The minimum Gasteiger partial charge on any atom is -0.439 e. The van der Waals surface area contributed by atoms with Gasteiger partial charge in [-0.25, -0.2) is 9.78 Å². The van der Waals surface area contributed by atoms with Gasteiger partial charge in [-0.1, -0.05) is 6.07 Å². The van der Waals surface area contributed by atoms with Gasteiger partial charge in [0.2, 0.25) is 5.88 Å². The summed E-state index contributed by atoms with van der Waals surface area (Å²) in [6.45, 7) is 0. The molecule has 0 fully saturated rings. The highest BCUT2D eigenvalue weighted by Gasteiger charge is 2.17. The van der Waals surface area contributed by atoms with Crippen LogP contribution in [0.4, 0.5) is 0 Å². The van der Waals surface area contributed by atoms with Crippen molar-refractivity contribution in [2.45, 2.75) is 4.90 Å². The fourth-order valence-electron chi connectivity index (χ4n) is 2.47. The molecule has 0 spiro atoms. The van der Waals surface area contributed by atoms with Crippen molar-refractivity contribution in [2.75, 3.05) is 0 Å². The number of benzene rings is 2. The molecule has 2 aromatic heterocycles. The average molecular weight is 395 g/mol. The summed E-state index contributed by atoms with van der Waals surface area (Å²) in [7, 11) is -4.06. The van der Waals surface area contributed by atoms with Gasteiger partial charge in [-0.2, -0.15) is 8.42 Å². The molecular formula is C20H13NO6S. The molecule has 0 saturated heterocycles. The number of fused-ring (bicyclic) bond motifs is 1. The van der Waals surface area contributed by atoms with Crippen molar-refractivity contribution in [3.8, 4) is 17.4 Å². The van der Waals surface area contributed by atoms with Crippen LogP contribution in [0.25, 0.3) is 11.0 Å². The maximum atomic E-state index is 12.5. The first kappa shape index (κ1) is 17.7. The van der Waals surface area contributed by atoms with Crippen LogP contribution in [0.1, 0.15) is 0 Å². The van der Waals surface area contributed by atoms with E-state index < -0.39 is 15.7 Å². The second-order valence-corrected chi connectivity index (χ2v) is 7.28. The lowest BCUT2D eigenvalue weighted by Crippen LogP contribution is -2.09. The van der Waals surface area contributed by atoms with Gasteiger partial charge in [-0.15, -0.1) is 0 Å². The third-order valence-electron chi connectivity index (χ3n) is 3.77. The van der Waals surface area contributed by atoms with Crippen molar-refractivity contribution in [1.82, 2.24) is 4.98 Å². The first-order valence-electron chi connectivity index (χ1n) is 8.17. The predicted molar refractivity (Wildman–Crippen MR) is 101 cm³/mol. The lowest BCUT2D eigenvalue weighted by Gasteiger charge is -2.09. The number of hydrogen-bond acceptors (Lipinski definition) is 7. The molecule has 2 heterocycles. The van der Waals surface area contributed by atoms with Gasteiger partial charge < -0.3 is 13.3 Å². The molecule has 0 aliphatic heterocycles.